The molecule has 0 aliphatic heterocycles. The van der Waals surface area contributed by atoms with Crippen molar-refractivity contribution in [1.29, 1.82) is 0 Å². The summed E-state index contributed by atoms with van der Waals surface area (Å²) < 4.78 is 0.412. The molecule has 108 valence electrons. The van der Waals surface area contributed by atoms with Gasteiger partial charge in [-0.1, -0.05) is 0 Å². The van der Waals surface area contributed by atoms with E-state index in [2.05, 4.69) is 4.98 Å². The van der Waals surface area contributed by atoms with E-state index >= 15 is 0 Å². The molecule has 0 N–H and O–H groups in total. The molecule has 7 heteroatoms. The molecule has 0 unspecified atom stereocenters. The van der Waals surface area contributed by atoms with Crippen LogP contribution in [0.1, 0.15) is 15.2 Å². The van der Waals surface area contributed by atoms with Crippen LogP contribution in [0.5, 0.6) is 0 Å². The number of nitrogens with zero attached hydrogens (tertiary/aromatic N) is 2. The zero-order valence-corrected chi connectivity index (χ0v) is 11.9. The van der Waals surface area contributed by atoms with Crippen molar-refractivity contribution >= 4 is 33.0 Å². The van der Waals surface area contributed by atoms with Crippen LogP contribution in [0.4, 0.5) is 5.69 Å². The maximum absolute atomic E-state index is 12.4. The van der Waals surface area contributed by atoms with Gasteiger partial charge in [-0.2, -0.15) is 0 Å². The minimum Gasteiger partial charge on any atom is -0.288 e. The average molecular weight is 312 g/mol. The molecule has 0 aliphatic rings. The number of non-ortho nitro benzene ring substituents is 1. The van der Waals surface area contributed by atoms with Crippen LogP contribution >= 0.6 is 11.3 Å². The van der Waals surface area contributed by atoms with Crippen LogP contribution in [0, 0.1) is 10.1 Å². The fraction of sp³-hybridized carbons (Fsp3) is 0. The van der Waals surface area contributed by atoms with E-state index in [0.29, 0.717) is 20.7 Å². The second-order valence-electron chi connectivity index (χ2n) is 4.46. The number of hydrogen-bond donors (Lipinski definition) is 0. The number of benzene rings is 1. The molecule has 22 heavy (non-hydrogen) atoms. The highest BCUT2D eigenvalue weighted by Crippen LogP contribution is 2.24. The average Bonchev–Trinajstić information content (AvgIpc) is 2.87. The van der Waals surface area contributed by atoms with E-state index in [-0.39, 0.29) is 16.9 Å². The second-order valence-corrected chi connectivity index (χ2v) is 5.51. The Morgan fingerprint density at radius 2 is 1.91 bits per heavy atom. The molecule has 0 amide bonds. The number of nitro benzene ring substituents is 1. The smallest absolute Gasteiger partial charge is 0.269 e. The summed E-state index contributed by atoms with van der Waals surface area (Å²) in [7, 11) is 0. The summed E-state index contributed by atoms with van der Waals surface area (Å²) in [6.45, 7) is 0. The lowest BCUT2D eigenvalue weighted by Gasteiger charge is -1.97. The topological polar surface area (TPSA) is 90.2 Å². The maximum atomic E-state index is 12.4. The molecule has 0 saturated heterocycles. The van der Waals surface area contributed by atoms with Gasteiger partial charge in [0.2, 0.25) is 5.78 Å². The normalized spacial score (nSPS) is 10.5. The van der Waals surface area contributed by atoms with Crippen molar-refractivity contribution in [2.75, 3.05) is 0 Å². The Morgan fingerprint density at radius 3 is 2.59 bits per heavy atom. The van der Waals surface area contributed by atoms with Gasteiger partial charge in [0.05, 0.1) is 15.3 Å². The number of carbonyl (C=O) groups is 1. The van der Waals surface area contributed by atoms with Gasteiger partial charge in [0.1, 0.15) is 4.70 Å². The van der Waals surface area contributed by atoms with Gasteiger partial charge in [0.15, 0.2) is 5.43 Å². The van der Waals surface area contributed by atoms with Gasteiger partial charge in [-0.3, -0.25) is 24.7 Å². The number of rotatable bonds is 3. The minimum atomic E-state index is -0.526. The largest absolute Gasteiger partial charge is 0.288 e. The molecule has 1 aromatic carbocycles. The van der Waals surface area contributed by atoms with Crippen molar-refractivity contribution in [3.05, 3.63) is 79.4 Å². The van der Waals surface area contributed by atoms with E-state index in [1.165, 1.54) is 36.5 Å². The van der Waals surface area contributed by atoms with Crippen LogP contribution in [0.2, 0.25) is 0 Å². The van der Waals surface area contributed by atoms with Crippen LogP contribution in [-0.4, -0.2) is 15.7 Å². The first-order valence-corrected chi connectivity index (χ1v) is 7.06. The zero-order chi connectivity index (χ0) is 15.7. The Balaban J connectivity index is 2.04. The molecule has 0 radical (unpaired) electrons. The Kier molecular flexibility index (Phi) is 3.48. The molecule has 3 aromatic rings. The summed E-state index contributed by atoms with van der Waals surface area (Å²) in [5.74, 6) is -0.292. The van der Waals surface area contributed by atoms with Crippen molar-refractivity contribution in [2.45, 2.75) is 0 Å². The Morgan fingerprint density at radius 1 is 1.18 bits per heavy atom. The quantitative estimate of drug-likeness (QED) is 0.421. The van der Waals surface area contributed by atoms with Crippen LogP contribution in [0.3, 0.4) is 0 Å². The third-order valence-electron chi connectivity index (χ3n) is 3.05. The summed E-state index contributed by atoms with van der Waals surface area (Å²) >= 11 is 1.07. The summed E-state index contributed by atoms with van der Waals surface area (Å²) in [6.07, 6.45) is 1.50. The van der Waals surface area contributed by atoms with Gasteiger partial charge in [-0.15, -0.1) is 11.3 Å². The van der Waals surface area contributed by atoms with Gasteiger partial charge in [-0.05, 0) is 30.3 Å². The van der Waals surface area contributed by atoms with Crippen molar-refractivity contribution < 1.29 is 9.72 Å². The minimum absolute atomic E-state index is 0.0802. The number of aromatic nitrogens is 1. The SMILES string of the molecule is O=C(c1ccc([N+](=O)[O-])cc1)c1cc2ncccc(=O)c2s1. The lowest BCUT2D eigenvalue weighted by molar-refractivity contribution is -0.384. The molecule has 0 saturated carbocycles. The fourth-order valence-electron chi connectivity index (χ4n) is 1.97. The monoisotopic (exact) mass is 312 g/mol. The third-order valence-corrected chi connectivity index (χ3v) is 4.19. The van der Waals surface area contributed by atoms with Crippen molar-refractivity contribution in [3.63, 3.8) is 0 Å². The Labute approximate surface area is 127 Å². The molecular formula is C15H8N2O4S. The fourth-order valence-corrected chi connectivity index (χ4v) is 2.96. The highest BCUT2D eigenvalue weighted by Gasteiger charge is 2.15. The molecular weight excluding hydrogens is 304 g/mol. The Bertz CT molecular complexity index is 948. The summed E-state index contributed by atoms with van der Waals surface area (Å²) in [6, 6.07) is 9.85. The first kappa shape index (κ1) is 14.0. The molecule has 0 bridgehead atoms. The summed E-state index contributed by atoms with van der Waals surface area (Å²) in [5, 5.41) is 10.6. The summed E-state index contributed by atoms with van der Waals surface area (Å²) in [5.41, 5.74) is 0.517. The molecule has 0 aliphatic carbocycles. The van der Waals surface area contributed by atoms with Crippen LogP contribution in [0.15, 0.2) is 53.5 Å². The van der Waals surface area contributed by atoms with Gasteiger partial charge >= 0.3 is 0 Å². The van der Waals surface area contributed by atoms with Crippen LogP contribution < -0.4 is 5.43 Å². The molecule has 0 spiro atoms. The van der Waals surface area contributed by atoms with E-state index in [0.717, 1.165) is 11.3 Å². The number of nitro groups is 1. The molecule has 0 fully saturated rings. The molecule has 0 atom stereocenters. The van der Waals surface area contributed by atoms with E-state index in [4.69, 9.17) is 0 Å². The van der Waals surface area contributed by atoms with E-state index in [1.807, 2.05) is 0 Å². The number of hydrogen-bond acceptors (Lipinski definition) is 6. The molecule has 2 aromatic heterocycles. The zero-order valence-electron chi connectivity index (χ0n) is 11.1. The van der Waals surface area contributed by atoms with Crippen molar-refractivity contribution in [2.24, 2.45) is 0 Å². The van der Waals surface area contributed by atoms with E-state index in [9.17, 15) is 19.7 Å². The lowest BCUT2D eigenvalue weighted by atomic mass is 10.1. The van der Waals surface area contributed by atoms with Crippen LogP contribution in [-0.2, 0) is 0 Å². The number of ketones is 1. The predicted molar refractivity (Wildman–Crippen MR) is 82.4 cm³/mol. The number of carbonyl (C=O) groups excluding carboxylic acids is 1. The third kappa shape index (κ3) is 2.49. The maximum Gasteiger partial charge on any atom is 0.269 e. The van der Waals surface area contributed by atoms with Gasteiger partial charge < -0.3 is 0 Å². The standard InChI is InChI=1S/C15H8N2O4S/c18-12-2-1-7-16-11-8-13(22-15(11)12)14(19)9-3-5-10(6-4-9)17(20)21/h1-8H. The number of fused-ring (bicyclic) bond motifs is 1. The van der Waals surface area contributed by atoms with E-state index in [1.54, 1.807) is 12.1 Å². The second kappa shape index (κ2) is 5.45. The Hall–Kier alpha value is -2.93. The summed E-state index contributed by atoms with van der Waals surface area (Å²) in [4.78, 5) is 38.8. The van der Waals surface area contributed by atoms with Gasteiger partial charge in [0, 0.05) is 23.9 Å². The van der Waals surface area contributed by atoms with Crippen LogP contribution in [0.25, 0.3) is 10.2 Å². The molecule has 3 rings (SSSR count). The van der Waals surface area contributed by atoms with Gasteiger partial charge in [0.25, 0.3) is 5.69 Å². The van der Waals surface area contributed by atoms with Gasteiger partial charge in [-0.25, -0.2) is 0 Å². The number of thiophene rings is 1. The molecule has 6 nitrogen and oxygen atoms in total. The van der Waals surface area contributed by atoms with Crippen molar-refractivity contribution in [1.82, 2.24) is 4.98 Å². The van der Waals surface area contributed by atoms with E-state index < -0.39 is 4.92 Å². The lowest BCUT2D eigenvalue weighted by Crippen LogP contribution is -1.98. The molecule has 2 heterocycles. The highest BCUT2D eigenvalue weighted by atomic mass is 32.1. The first-order valence-electron chi connectivity index (χ1n) is 6.24. The highest BCUT2D eigenvalue weighted by molar-refractivity contribution is 7.20. The predicted octanol–water partition coefficient (Wildman–Crippen LogP) is 2.80. The first-order chi connectivity index (χ1) is 10.6. The van der Waals surface area contributed by atoms with Crippen molar-refractivity contribution in [3.8, 4) is 0 Å².